The average molecular weight is 339 g/mol. The van der Waals surface area contributed by atoms with Crippen LogP contribution in [0.5, 0.6) is 0 Å². The lowest BCUT2D eigenvalue weighted by Crippen LogP contribution is -2.54. The minimum absolute atomic E-state index is 0.00595. The Morgan fingerprint density at radius 3 is 2.57 bits per heavy atom. The number of Topliss-reactive ketones (excluding diaryl/α,β-unsaturated/α-hetero) is 1. The normalized spacial score (nSPS) is 52.9. The third-order valence-electron chi connectivity index (χ3n) is 8.00. The summed E-state index contributed by atoms with van der Waals surface area (Å²) in [7, 11) is 0. The number of rotatable bonds is 0. The van der Waals surface area contributed by atoms with E-state index in [4.69, 9.17) is 11.6 Å². The molecule has 0 aromatic rings. The molecule has 0 heterocycles. The first-order chi connectivity index (χ1) is 10.8. The van der Waals surface area contributed by atoms with Crippen LogP contribution < -0.4 is 0 Å². The highest BCUT2D eigenvalue weighted by molar-refractivity contribution is 6.43. The van der Waals surface area contributed by atoms with Crippen molar-refractivity contribution in [3.05, 3.63) is 10.6 Å². The lowest BCUT2D eigenvalue weighted by molar-refractivity contribution is -0.121. The van der Waals surface area contributed by atoms with Crippen molar-refractivity contribution < 1.29 is 15.0 Å². The Bertz CT molecular complexity index is 585. The molecule has 4 heteroatoms. The van der Waals surface area contributed by atoms with Crippen LogP contribution in [0.25, 0.3) is 0 Å². The molecular formula is C19H27ClO3. The lowest BCUT2D eigenvalue weighted by Gasteiger charge is -2.59. The van der Waals surface area contributed by atoms with Gasteiger partial charge in [-0.25, -0.2) is 0 Å². The third kappa shape index (κ3) is 1.99. The fraction of sp³-hybridized carbons (Fsp3) is 0.842. The number of aliphatic hydroxyl groups is 2. The largest absolute Gasteiger partial charge is 0.393 e. The van der Waals surface area contributed by atoms with E-state index in [0.29, 0.717) is 35.6 Å². The Kier molecular flexibility index (Phi) is 3.54. The second-order valence-electron chi connectivity index (χ2n) is 8.83. The van der Waals surface area contributed by atoms with E-state index in [1.807, 2.05) is 0 Å². The summed E-state index contributed by atoms with van der Waals surface area (Å²) in [5.74, 6) is 1.40. The molecule has 23 heavy (non-hydrogen) atoms. The minimum atomic E-state index is -0.599. The van der Waals surface area contributed by atoms with Crippen molar-refractivity contribution in [2.75, 3.05) is 0 Å². The molecule has 128 valence electrons. The van der Waals surface area contributed by atoms with Gasteiger partial charge in [0, 0.05) is 6.42 Å². The Hall–Kier alpha value is -0.380. The first-order valence-electron chi connectivity index (χ1n) is 9.08. The summed E-state index contributed by atoms with van der Waals surface area (Å²) in [6.45, 7) is 4.45. The zero-order valence-corrected chi connectivity index (χ0v) is 14.8. The molecule has 0 saturated heterocycles. The van der Waals surface area contributed by atoms with Crippen molar-refractivity contribution >= 4 is 17.4 Å². The summed E-state index contributed by atoms with van der Waals surface area (Å²) >= 11 is 6.35. The molecule has 4 rings (SSSR count). The number of halogens is 1. The van der Waals surface area contributed by atoms with Gasteiger partial charge < -0.3 is 10.2 Å². The van der Waals surface area contributed by atoms with Gasteiger partial charge in [0.2, 0.25) is 0 Å². The van der Waals surface area contributed by atoms with E-state index in [0.717, 1.165) is 37.7 Å². The highest BCUT2D eigenvalue weighted by Gasteiger charge is 2.61. The lowest BCUT2D eigenvalue weighted by atomic mass is 9.47. The fourth-order valence-corrected chi connectivity index (χ4v) is 7.12. The van der Waals surface area contributed by atoms with Crippen LogP contribution in [-0.2, 0) is 4.79 Å². The quantitative estimate of drug-likeness (QED) is 0.711. The van der Waals surface area contributed by atoms with E-state index < -0.39 is 6.10 Å². The van der Waals surface area contributed by atoms with Crippen LogP contribution in [0.1, 0.15) is 58.8 Å². The first-order valence-corrected chi connectivity index (χ1v) is 9.46. The summed E-state index contributed by atoms with van der Waals surface area (Å²) in [6.07, 6.45) is 5.27. The average Bonchev–Trinajstić information content (AvgIpc) is 2.79. The number of ketones is 1. The van der Waals surface area contributed by atoms with Crippen LogP contribution >= 0.6 is 11.6 Å². The Labute approximate surface area is 143 Å². The van der Waals surface area contributed by atoms with Gasteiger partial charge in [-0.1, -0.05) is 25.4 Å². The number of fused-ring (bicyclic) bond motifs is 5. The second-order valence-corrected chi connectivity index (χ2v) is 9.21. The van der Waals surface area contributed by atoms with E-state index in [-0.39, 0.29) is 22.7 Å². The Balaban J connectivity index is 1.76. The maximum absolute atomic E-state index is 12.0. The molecule has 0 aromatic heterocycles. The Morgan fingerprint density at radius 1 is 1.09 bits per heavy atom. The van der Waals surface area contributed by atoms with Crippen LogP contribution in [0, 0.1) is 28.6 Å². The van der Waals surface area contributed by atoms with Gasteiger partial charge >= 0.3 is 0 Å². The summed E-state index contributed by atoms with van der Waals surface area (Å²) in [4.78, 5) is 12.0. The van der Waals surface area contributed by atoms with E-state index >= 15 is 0 Å². The highest BCUT2D eigenvalue weighted by Crippen LogP contribution is 2.65. The van der Waals surface area contributed by atoms with Crippen molar-refractivity contribution in [3.63, 3.8) is 0 Å². The van der Waals surface area contributed by atoms with Crippen LogP contribution in [0.4, 0.5) is 0 Å². The number of aliphatic hydroxyl groups excluding tert-OH is 2. The van der Waals surface area contributed by atoms with Gasteiger partial charge in [-0.15, -0.1) is 0 Å². The predicted molar refractivity (Wildman–Crippen MR) is 88.9 cm³/mol. The zero-order valence-electron chi connectivity index (χ0n) is 14.0. The molecule has 7 atom stereocenters. The van der Waals surface area contributed by atoms with Gasteiger partial charge in [0.05, 0.1) is 17.2 Å². The predicted octanol–water partition coefficient (Wildman–Crippen LogP) is 3.42. The molecule has 0 spiro atoms. The number of carbonyl (C=O) groups is 1. The molecule has 3 nitrogen and oxygen atoms in total. The highest BCUT2D eigenvalue weighted by atomic mass is 35.5. The monoisotopic (exact) mass is 338 g/mol. The van der Waals surface area contributed by atoms with Crippen molar-refractivity contribution in [1.29, 1.82) is 0 Å². The first kappa shape index (κ1) is 16.1. The summed E-state index contributed by atoms with van der Waals surface area (Å²) in [6, 6.07) is 0. The van der Waals surface area contributed by atoms with Crippen molar-refractivity contribution in [1.82, 2.24) is 0 Å². The van der Waals surface area contributed by atoms with Gasteiger partial charge in [-0.05, 0) is 72.7 Å². The van der Waals surface area contributed by atoms with E-state index in [1.54, 1.807) is 0 Å². The van der Waals surface area contributed by atoms with Crippen molar-refractivity contribution in [2.24, 2.45) is 28.6 Å². The number of carbonyl (C=O) groups excluding carboxylic acids is 1. The molecule has 2 N–H and O–H groups in total. The molecule has 0 amide bonds. The van der Waals surface area contributed by atoms with E-state index in [2.05, 4.69) is 13.8 Å². The van der Waals surface area contributed by atoms with Crippen LogP contribution in [0.3, 0.4) is 0 Å². The minimum Gasteiger partial charge on any atom is -0.393 e. The molecular weight excluding hydrogens is 312 g/mol. The van der Waals surface area contributed by atoms with Crippen molar-refractivity contribution in [2.45, 2.75) is 71.0 Å². The van der Waals surface area contributed by atoms with Crippen molar-refractivity contribution in [3.8, 4) is 0 Å². The molecule has 0 bridgehead atoms. The molecule has 0 aliphatic heterocycles. The van der Waals surface area contributed by atoms with Gasteiger partial charge in [-0.3, -0.25) is 4.79 Å². The smallest absolute Gasteiger partial charge is 0.174 e. The van der Waals surface area contributed by atoms with Crippen LogP contribution in [0.15, 0.2) is 10.6 Å². The molecule has 0 radical (unpaired) electrons. The number of hydrogen-bond acceptors (Lipinski definition) is 3. The molecule has 1 unspecified atom stereocenters. The summed E-state index contributed by atoms with van der Waals surface area (Å²) in [5.41, 5.74) is 0.674. The molecule has 4 aliphatic rings. The molecule has 3 saturated carbocycles. The second kappa shape index (κ2) is 5.06. The summed E-state index contributed by atoms with van der Waals surface area (Å²) in [5, 5.41) is 21.6. The fourth-order valence-electron chi connectivity index (χ4n) is 6.69. The van der Waals surface area contributed by atoms with Crippen LogP contribution in [-0.4, -0.2) is 28.2 Å². The standard InChI is InChI=1S/C19H27ClO3/c1-18-7-5-12-10(11(18)3-4-15(18)23)9-14(22)16-17(20)13(21)6-8-19(12,16)2/h10-12,14-15,22-23H,3-9H2,1-2H3/t10-,11-,12-,14?,15-,18-,19+/m0/s1. The topological polar surface area (TPSA) is 57.5 Å². The third-order valence-corrected chi connectivity index (χ3v) is 8.42. The zero-order chi connectivity index (χ0) is 16.6. The maximum atomic E-state index is 12.0. The SMILES string of the molecule is C[C@]12CC[C@H]3[C@@H](CC(O)C4=C(Cl)C(=O)CC[C@@]43C)[C@@H]1CC[C@@H]2O. The van der Waals surface area contributed by atoms with Gasteiger partial charge in [-0.2, -0.15) is 0 Å². The van der Waals surface area contributed by atoms with Gasteiger partial charge in [0.1, 0.15) is 0 Å². The van der Waals surface area contributed by atoms with E-state index in [9.17, 15) is 15.0 Å². The Morgan fingerprint density at radius 2 is 1.83 bits per heavy atom. The number of hydrogen-bond donors (Lipinski definition) is 2. The maximum Gasteiger partial charge on any atom is 0.174 e. The molecule has 0 aromatic carbocycles. The summed E-state index contributed by atoms with van der Waals surface area (Å²) < 4.78 is 0. The van der Waals surface area contributed by atoms with Gasteiger partial charge in [0.15, 0.2) is 5.78 Å². The van der Waals surface area contributed by atoms with E-state index in [1.165, 1.54) is 0 Å². The van der Waals surface area contributed by atoms with Crippen LogP contribution in [0.2, 0.25) is 0 Å². The molecule has 4 aliphatic carbocycles. The molecule has 3 fully saturated rings. The van der Waals surface area contributed by atoms with Gasteiger partial charge in [0.25, 0.3) is 0 Å².